The predicted octanol–water partition coefficient (Wildman–Crippen LogP) is 3.94. The predicted molar refractivity (Wildman–Crippen MR) is 110 cm³/mol. The maximum atomic E-state index is 2.70. The smallest absolute Gasteiger partial charge is 0.0506 e. The minimum atomic E-state index is 0.339. The van der Waals surface area contributed by atoms with Gasteiger partial charge >= 0.3 is 0 Å². The molecule has 3 aliphatic heterocycles. The van der Waals surface area contributed by atoms with Gasteiger partial charge in [0.15, 0.2) is 0 Å². The molecule has 0 bridgehead atoms. The van der Waals surface area contributed by atoms with E-state index in [4.69, 9.17) is 0 Å². The van der Waals surface area contributed by atoms with E-state index in [2.05, 4.69) is 66.7 Å². The Bertz CT molecular complexity index is 599. The fourth-order valence-corrected chi connectivity index (χ4v) is 5.33. The van der Waals surface area contributed by atoms with Crippen molar-refractivity contribution < 1.29 is 0 Å². The first-order valence-electron chi connectivity index (χ1n) is 10.6. The monoisotopic (exact) mass is 355 g/mol. The summed E-state index contributed by atoms with van der Waals surface area (Å²) in [6, 6.07) is 9.21. The maximum Gasteiger partial charge on any atom is 0.0506 e. The molecule has 1 unspecified atom stereocenters. The molecule has 1 spiro atoms. The third-order valence-corrected chi connectivity index (χ3v) is 7.11. The van der Waals surface area contributed by atoms with E-state index in [9.17, 15) is 0 Å². The molecule has 26 heavy (non-hydrogen) atoms. The molecule has 1 atom stereocenters. The molecule has 0 amide bonds. The van der Waals surface area contributed by atoms with Crippen LogP contribution in [-0.4, -0.2) is 66.2 Å². The van der Waals surface area contributed by atoms with Crippen LogP contribution < -0.4 is 0 Å². The van der Waals surface area contributed by atoms with Crippen LogP contribution >= 0.6 is 0 Å². The summed E-state index contributed by atoms with van der Waals surface area (Å²) in [5.74, 6) is 0.737. The molecule has 1 aromatic carbocycles. The lowest BCUT2D eigenvalue weighted by Crippen LogP contribution is -2.63. The lowest BCUT2D eigenvalue weighted by atomic mass is 9.71. The number of likely N-dealkylation sites (tertiary alicyclic amines) is 3. The summed E-state index contributed by atoms with van der Waals surface area (Å²) in [6.45, 7) is 18.2. The summed E-state index contributed by atoms with van der Waals surface area (Å²) in [7, 11) is 0. The second-order valence-electron chi connectivity index (χ2n) is 10.3. The van der Waals surface area contributed by atoms with Crippen LogP contribution in [0.5, 0.6) is 0 Å². The highest BCUT2D eigenvalue weighted by molar-refractivity contribution is 5.25. The Morgan fingerprint density at radius 1 is 0.962 bits per heavy atom. The third-order valence-electron chi connectivity index (χ3n) is 7.11. The van der Waals surface area contributed by atoms with E-state index in [-0.39, 0.29) is 0 Å². The van der Waals surface area contributed by atoms with Crippen molar-refractivity contribution in [1.29, 1.82) is 0 Å². The molecule has 3 saturated heterocycles. The minimum absolute atomic E-state index is 0.339. The van der Waals surface area contributed by atoms with Crippen molar-refractivity contribution in [3.63, 3.8) is 0 Å². The minimum Gasteiger partial charge on any atom is -0.298 e. The highest BCUT2D eigenvalue weighted by Gasteiger charge is 2.46. The van der Waals surface area contributed by atoms with Crippen molar-refractivity contribution in [1.82, 2.24) is 14.7 Å². The molecule has 3 fully saturated rings. The highest BCUT2D eigenvalue weighted by atomic mass is 15.4. The number of rotatable bonds is 3. The Hall–Kier alpha value is -0.900. The van der Waals surface area contributed by atoms with Crippen molar-refractivity contribution in [3.05, 3.63) is 35.4 Å². The van der Waals surface area contributed by atoms with Gasteiger partial charge in [-0.3, -0.25) is 14.7 Å². The second-order valence-corrected chi connectivity index (χ2v) is 10.3. The number of hydrogen-bond donors (Lipinski definition) is 0. The molecule has 0 N–H and O–H groups in total. The Morgan fingerprint density at radius 3 is 2.23 bits per heavy atom. The summed E-state index contributed by atoms with van der Waals surface area (Å²) < 4.78 is 0. The quantitative estimate of drug-likeness (QED) is 0.813. The molecule has 0 radical (unpaired) electrons. The zero-order valence-electron chi connectivity index (χ0n) is 17.3. The summed E-state index contributed by atoms with van der Waals surface area (Å²) in [6.07, 6.45) is 4.11. The van der Waals surface area contributed by atoms with Crippen LogP contribution in [0.4, 0.5) is 0 Å². The molecule has 4 rings (SSSR count). The van der Waals surface area contributed by atoms with Gasteiger partial charge in [-0.1, -0.05) is 29.8 Å². The van der Waals surface area contributed by atoms with Crippen LogP contribution in [0, 0.1) is 12.3 Å². The van der Waals surface area contributed by atoms with Gasteiger partial charge < -0.3 is 0 Å². The number of hydrogen-bond acceptors (Lipinski definition) is 3. The maximum absolute atomic E-state index is 2.70. The zero-order chi connectivity index (χ0) is 18.4. The molecular formula is C23H37N3. The topological polar surface area (TPSA) is 9.72 Å². The molecule has 3 heteroatoms. The van der Waals surface area contributed by atoms with Gasteiger partial charge in [0.25, 0.3) is 0 Å². The SMILES string of the molecule is Cc1ccc(C2CCN(CN3CC4(CCN(C(C)(C)C)CC4)C3)C2)cc1. The Balaban J connectivity index is 1.22. The molecule has 0 aromatic heterocycles. The van der Waals surface area contributed by atoms with Crippen LogP contribution in [0.15, 0.2) is 24.3 Å². The molecule has 0 saturated carbocycles. The standard InChI is InChI=1S/C23H37N3/c1-19-5-7-20(8-6-19)21-9-12-24(15-21)18-25-16-23(17-25)10-13-26(14-11-23)22(2,3)4/h5-8,21H,9-18H2,1-4H3. The first kappa shape index (κ1) is 18.5. The van der Waals surface area contributed by atoms with Gasteiger partial charge in [-0.15, -0.1) is 0 Å². The van der Waals surface area contributed by atoms with E-state index >= 15 is 0 Å². The number of piperidine rings is 1. The molecule has 3 aliphatic rings. The molecule has 3 nitrogen and oxygen atoms in total. The highest BCUT2D eigenvalue weighted by Crippen LogP contribution is 2.42. The van der Waals surface area contributed by atoms with E-state index in [1.54, 1.807) is 0 Å². The summed E-state index contributed by atoms with van der Waals surface area (Å²) in [5, 5.41) is 0. The van der Waals surface area contributed by atoms with Gasteiger partial charge in [0.1, 0.15) is 0 Å². The lowest BCUT2D eigenvalue weighted by molar-refractivity contribution is -0.0792. The van der Waals surface area contributed by atoms with Gasteiger partial charge in [-0.25, -0.2) is 0 Å². The number of aryl methyl sites for hydroxylation is 1. The van der Waals surface area contributed by atoms with E-state index in [1.165, 1.54) is 76.3 Å². The molecular weight excluding hydrogens is 318 g/mol. The number of nitrogens with zero attached hydrogens (tertiary/aromatic N) is 3. The van der Waals surface area contributed by atoms with E-state index in [1.807, 2.05) is 0 Å². The van der Waals surface area contributed by atoms with Crippen molar-refractivity contribution in [2.24, 2.45) is 5.41 Å². The van der Waals surface area contributed by atoms with Crippen LogP contribution in [-0.2, 0) is 0 Å². The molecule has 3 heterocycles. The Kier molecular flexibility index (Phi) is 4.92. The first-order valence-corrected chi connectivity index (χ1v) is 10.6. The van der Waals surface area contributed by atoms with Crippen molar-refractivity contribution in [2.75, 3.05) is 45.9 Å². The van der Waals surface area contributed by atoms with Gasteiger partial charge in [-0.05, 0) is 76.9 Å². The van der Waals surface area contributed by atoms with Gasteiger partial charge in [0, 0.05) is 31.7 Å². The van der Waals surface area contributed by atoms with Gasteiger partial charge in [0.2, 0.25) is 0 Å². The van der Waals surface area contributed by atoms with Crippen LogP contribution in [0.1, 0.15) is 57.1 Å². The van der Waals surface area contributed by atoms with E-state index in [0.29, 0.717) is 11.0 Å². The average Bonchev–Trinajstić information content (AvgIpc) is 3.02. The van der Waals surface area contributed by atoms with E-state index < -0.39 is 0 Å². The molecule has 0 aliphatic carbocycles. The summed E-state index contributed by atoms with van der Waals surface area (Å²) in [5.41, 5.74) is 3.88. The third kappa shape index (κ3) is 3.85. The second kappa shape index (κ2) is 6.92. The van der Waals surface area contributed by atoms with Crippen molar-refractivity contribution in [2.45, 2.75) is 58.4 Å². The van der Waals surface area contributed by atoms with Crippen LogP contribution in [0.25, 0.3) is 0 Å². The van der Waals surface area contributed by atoms with Gasteiger partial charge in [0.05, 0.1) is 6.67 Å². The van der Waals surface area contributed by atoms with Crippen LogP contribution in [0.3, 0.4) is 0 Å². The molecule has 1 aromatic rings. The number of benzene rings is 1. The average molecular weight is 356 g/mol. The normalized spacial score (nSPS) is 27.8. The molecule has 144 valence electrons. The zero-order valence-corrected chi connectivity index (χ0v) is 17.3. The fraction of sp³-hybridized carbons (Fsp3) is 0.739. The summed E-state index contributed by atoms with van der Waals surface area (Å²) in [4.78, 5) is 8.06. The largest absolute Gasteiger partial charge is 0.298 e. The van der Waals surface area contributed by atoms with Crippen molar-refractivity contribution >= 4 is 0 Å². The fourth-order valence-electron chi connectivity index (χ4n) is 5.33. The van der Waals surface area contributed by atoms with Gasteiger partial charge in [-0.2, -0.15) is 0 Å². The summed E-state index contributed by atoms with van der Waals surface area (Å²) >= 11 is 0. The van der Waals surface area contributed by atoms with Crippen LogP contribution in [0.2, 0.25) is 0 Å². The Labute approximate surface area is 160 Å². The van der Waals surface area contributed by atoms with E-state index in [0.717, 1.165) is 5.92 Å². The lowest BCUT2D eigenvalue weighted by Gasteiger charge is -2.56. The Morgan fingerprint density at radius 2 is 1.62 bits per heavy atom. The first-order chi connectivity index (χ1) is 12.3. The van der Waals surface area contributed by atoms with Crippen molar-refractivity contribution in [3.8, 4) is 0 Å².